The molecule has 1 saturated heterocycles. The van der Waals surface area contributed by atoms with Crippen LogP contribution in [0.1, 0.15) is 5.56 Å². The van der Waals surface area contributed by atoms with Gasteiger partial charge in [-0.15, -0.1) is 0 Å². The van der Waals surface area contributed by atoms with Crippen LogP contribution in [-0.4, -0.2) is 30.7 Å². The molecule has 0 spiro atoms. The second-order valence-corrected chi connectivity index (χ2v) is 9.48. The number of piperazine rings is 1. The number of halogens is 2. The van der Waals surface area contributed by atoms with E-state index in [1.165, 1.54) is 11.3 Å². The molecule has 2 N–H and O–H groups in total. The minimum absolute atomic E-state index is 0.426. The maximum absolute atomic E-state index is 6.11. The second-order valence-electron chi connectivity index (χ2n) is 8.12. The number of aromatic nitrogens is 1. The molecule has 0 bridgehead atoms. The van der Waals surface area contributed by atoms with Crippen molar-refractivity contribution >= 4 is 55.5 Å². The number of rotatable bonds is 5. The van der Waals surface area contributed by atoms with E-state index >= 15 is 0 Å². The molecule has 1 atom stereocenters. The molecule has 6 heteroatoms. The van der Waals surface area contributed by atoms with Crippen LogP contribution in [0.2, 0.25) is 5.02 Å². The molecule has 4 aromatic rings. The van der Waals surface area contributed by atoms with Crippen LogP contribution in [0.3, 0.4) is 0 Å². The first-order valence-corrected chi connectivity index (χ1v) is 12.0. The molecule has 1 unspecified atom stereocenters. The number of pyridine rings is 1. The molecule has 1 aromatic heterocycles. The molecule has 0 saturated carbocycles. The summed E-state index contributed by atoms with van der Waals surface area (Å²) in [5, 5.41) is 8.95. The molecule has 1 aliphatic heterocycles. The number of benzene rings is 3. The van der Waals surface area contributed by atoms with Gasteiger partial charge in [-0.1, -0.05) is 45.7 Å². The highest BCUT2D eigenvalue weighted by Crippen LogP contribution is 2.27. The smallest absolute Gasteiger partial charge is 0.0737 e. The van der Waals surface area contributed by atoms with E-state index in [0.717, 1.165) is 52.8 Å². The molecule has 1 fully saturated rings. The van der Waals surface area contributed by atoms with Crippen molar-refractivity contribution < 1.29 is 0 Å². The van der Waals surface area contributed by atoms with Crippen molar-refractivity contribution in [3.05, 3.63) is 94.1 Å². The number of hydrogen-bond donors (Lipinski definition) is 2. The average Bonchev–Trinajstić information content (AvgIpc) is 2.80. The Hall–Kier alpha value is -2.60. The zero-order chi connectivity index (χ0) is 21.9. The summed E-state index contributed by atoms with van der Waals surface area (Å²) in [6.45, 7) is 3.03. The van der Waals surface area contributed by atoms with Crippen LogP contribution in [0.4, 0.5) is 17.1 Å². The summed E-state index contributed by atoms with van der Waals surface area (Å²) in [7, 11) is 0. The lowest BCUT2D eigenvalue weighted by Crippen LogP contribution is -2.51. The molecule has 1 aliphatic rings. The number of fused-ring (bicyclic) bond motifs is 1. The number of hydrogen-bond acceptors (Lipinski definition) is 4. The fourth-order valence-corrected chi connectivity index (χ4v) is 4.82. The van der Waals surface area contributed by atoms with Crippen molar-refractivity contribution in [1.29, 1.82) is 0 Å². The van der Waals surface area contributed by atoms with Crippen LogP contribution < -0.4 is 15.5 Å². The highest BCUT2D eigenvalue weighted by Gasteiger charge is 2.20. The molecule has 2 heterocycles. The average molecular weight is 508 g/mol. The van der Waals surface area contributed by atoms with Crippen molar-refractivity contribution in [3.63, 3.8) is 0 Å². The van der Waals surface area contributed by atoms with Crippen molar-refractivity contribution in [3.8, 4) is 0 Å². The molecule has 0 radical (unpaired) electrons. The van der Waals surface area contributed by atoms with Gasteiger partial charge in [-0.2, -0.15) is 0 Å². The van der Waals surface area contributed by atoms with Crippen molar-refractivity contribution in [2.75, 3.05) is 29.9 Å². The predicted molar refractivity (Wildman–Crippen MR) is 138 cm³/mol. The maximum Gasteiger partial charge on any atom is 0.0737 e. The van der Waals surface area contributed by atoms with E-state index in [-0.39, 0.29) is 0 Å². The molecule has 3 aromatic carbocycles. The first-order valence-electron chi connectivity index (χ1n) is 10.8. The normalized spacial score (nSPS) is 16.3. The summed E-state index contributed by atoms with van der Waals surface area (Å²) >= 11 is 9.70. The van der Waals surface area contributed by atoms with Gasteiger partial charge in [0.25, 0.3) is 0 Å². The third-order valence-electron chi connectivity index (χ3n) is 5.85. The molecular formula is C26H24BrClN4. The third-order valence-corrected chi connectivity index (χ3v) is 6.58. The summed E-state index contributed by atoms with van der Waals surface area (Å²) in [5.74, 6) is 0. The Morgan fingerprint density at radius 3 is 2.78 bits per heavy atom. The van der Waals surface area contributed by atoms with Crippen LogP contribution >= 0.6 is 27.5 Å². The van der Waals surface area contributed by atoms with Crippen molar-refractivity contribution in [1.82, 2.24) is 10.3 Å². The predicted octanol–water partition coefficient (Wildman–Crippen LogP) is 6.42. The summed E-state index contributed by atoms with van der Waals surface area (Å²) in [6, 6.07) is 25.5. The third kappa shape index (κ3) is 4.90. The van der Waals surface area contributed by atoms with Crippen LogP contribution in [0.15, 0.2) is 83.5 Å². The van der Waals surface area contributed by atoms with Gasteiger partial charge in [0.15, 0.2) is 0 Å². The molecule has 4 nitrogen and oxygen atoms in total. The molecule has 5 rings (SSSR count). The van der Waals surface area contributed by atoms with Gasteiger partial charge in [0, 0.05) is 63.8 Å². The Morgan fingerprint density at radius 2 is 1.94 bits per heavy atom. The van der Waals surface area contributed by atoms with Gasteiger partial charge in [-0.3, -0.25) is 4.98 Å². The zero-order valence-corrected chi connectivity index (χ0v) is 19.9. The van der Waals surface area contributed by atoms with Crippen molar-refractivity contribution in [2.45, 2.75) is 12.5 Å². The van der Waals surface area contributed by atoms with Gasteiger partial charge in [-0.25, -0.2) is 0 Å². The summed E-state index contributed by atoms with van der Waals surface area (Å²) in [4.78, 5) is 6.88. The van der Waals surface area contributed by atoms with Gasteiger partial charge in [0.2, 0.25) is 0 Å². The van der Waals surface area contributed by atoms with E-state index in [9.17, 15) is 0 Å². The van der Waals surface area contributed by atoms with Crippen LogP contribution in [0, 0.1) is 0 Å². The topological polar surface area (TPSA) is 40.2 Å². The molecular weight excluding hydrogens is 484 g/mol. The Kier molecular flexibility index (Phi) is 6.30. The maximum atomic E-state index is 6.11. The van der Waals surface area contributed by atoms with Crippen LogP contribution in [0.5, 0.6) is 0 Å². The minimum Gasteiger partial charge on any atom is -0.369 e. The van der Waals surface area contributed by atoms with Gasteiger partial charge in [0.05, 0.1) is 5.52 Å². The SMILES string of the molecule is Clc1ccc2c(Nc3ccc(CC4CN(c5cccc(Br)c5)CCN4)cc3)ccnc2c1. The Labute approximate surface area is 201 Å². The van der Waals surface area contributed by atoms with Crippen LogP contribution in [0.25, 0.3) is 10.9 Å². The van der Waals surface area contributed by atoms with Crippen LogP contribution in [-0.2, 0) is 6.42 Å². The van der Waals surface area contributed by atoms with E-state index in [1.807, 2.05) is 24.3 Å². The lowest BCUT2D eigenvalue weighted by Gasteiger charge is -2.35. The largest absolute Gasteiger partial charge is 0.369 e. The fraction of sp³-hybridized carbons (Fsp3) is 0.192. The number of nitrogens with zero attached hydrogens (tertiary/aromatic N) is 2. The van der Waals surface area contributed by atoms with E-state index < -0.39 is 0 Å². The first kappa shape index (κ1) is 21.3. The lowest BCUT2D eigenvalue weighted by atomic mass is 10.0. The lowest BCUT2D eigenvalue weighted by molar-refractivity contribution is 0.455. The monoisotopic (exact) mass is 506 g/mol. The summed E-state index contributed by atoms with van der Waals surface area (Å²) < 4.78 is 1.12. The molecule has 0 amide bonds. The minimum atomic E-state index is 0.426. The highest BCUT2D eigenvalue weighted by molar-refractivity contribution is 9.10. The number of nitrogens with one attached hydrogen (secondary N) is 2. The van der Waals surface area contributed by atoms with E-state index in [1.54, 1.807) is 6.20 Å². The summed E-state index contributed by atoms with van der Waals surface area (Å²) in [6.07, 6.45) is 2.81. The van der Waals surface area contributed by atoms with E-state index in [4.69, 9.17) is 11.6 Å². The molecule has 0 aliphatic carbocycles. The van der Waals surface area contributed by atoms with Gasteiger partial charge in [-0.05, 0) is 66.6 Å². The Morgan fingerprint density at radius 1 is 1.06 bits per heavy atom. The fourth-order valence-electron chi connectivity index (χ4n) is 4.26. The standard InChI is InChI=1S/C26H24BrClN4/c27-19-2-1-3-23(15-19)32-13-12-29-22(17-32)14-18-4-7-21(8-5-18)31-25-10-11-30-26-16-20(28)6-9-24(25)26/h1-11,15-16,22,29H,12-14,17H2,(H,30,31). The summed E-state index contributed by atoms with van der Waals surface area (Å²) in [5.41, 5.74) is 5.57. The van der Waals surface area contributed by atoms with E-state index in [2.05, 4.69) is 85.0 Å². The van der Waals surface area contributed by atoms with Gasteiger partial charge in [0.1, 0.15) is 0 Å². The molecule has 32 heavy (non-hydrogen) atoms. The zero-order valence-electron chi connectivity index (χ0n) is 17.6. The number of anilines is 3. The quantitative estimate of drug-likeness (QED) is 0.327. The first-order chi connectivity index (χ1) is 15.6. The Bertz CT molecular complexity index is 1230. The molecule has 162 valence electrons. The van der Waals surface area contributed by atoms with E-state index in [0.29, 0.717) is 11.1 Å². The van der Waals surface area contributed by atoms with Gasteiger partial charge < -0.3 is 15.5 Å². The Balaban J connectivity index is 1.25. The van der Waals surface area contributed by atoms with Gasteiger partial charge >= 0.3 is 0 Å². The second kappa shape index (κ2) is 9.49. The van der Waals surface area contributed by atoms with Crippen molar-refractivity contribution in [2.24, 2.45) is 0 Å². The highest BCUT2D eigenvalue weighted by atomic mass is 79.9.